The van der Waals surface area contributed by atoms with Gasteiger partial charge in [-0.25, -0.2) is 24.4 Å². The highest BCUT2D eigenvalue weighted by atomic mass is 16.6. The molecule has 2 rings (SSSR count). The molecule has 4 N–H and O–H groups in total. The van der Waals surface area contributed by atoms with Crippen LogP contribution in [-0.4, -0.2) is 86.8 Å². The molecule has 1 saturated heterocycles. The number of amides is 1. The molecule has 0 spiro atoms. The standard InChI is InChI=1S/C14H22N6O2.C2H2O4/c1-4-22-14(21)20-7-5-19(6-8-20)12(15)18-13-16-10(2)9-11(3)17-13;3-1(4)2(5)6/h9H,4-8H2,1-3H3,(H2,15,16,17,18);(H,3,4)(H,5,6). The number of carboxylic acids is 2. The first-order valence-electron chi connectivity index (χ1n) is 8.43. The van der Waals surface area contributed by atoms with Gasteiger partial charge in [0.05, 0.1) is 6.61 Å². The number of aromatic nitrogens is 2. The lowest BCUT2D eigenvalue weighted by atomic mass is 10.3. The van der Waals surface area contributed by atoms with Crippen molar-refractivity contribution in [2.75, 3.05) is 32.8 Å². The Morgan fingerprint density at radius 2 is 1.54 bits per heavy atom. The van der Waals surface area contributed by atoms with E-state index in [9.17, 15) is 4.79 Å². The third kappa shape index (κ3) is 7.43. The summed E-state index contributed by atoms with van der Waals surface area (Å²) in [4.78, 5) is 46.2. The highest BCUT2D eigenvalue weighted by Gasteiger charge is 2.23. The maximum Gasteiger partial charge on any atom is 0.414 e. The number of aliphatic carboxylic acids is 2. The van der Waals surface area contributed by atoms with Gasteiger partial charge in [0, 0.05) is 37.6 Å². The molecule has 1 fully saturated rings. The van der Waals surface area contributed by atoms with Gasteiger partial charge in [0.15, 0.2) is 5.96 Å². The van der Waals surface area contributed by atoms with E-state index in [1.165, 1.54) is 0 Å². The average molecular weight is 396 g/mol. The summed E-state index contributed by atoms with van der Waals surface area (Å²) < 4.78 is 4.99. The van der Waals surface area contributed by atoms with Crippen LogP contribution in [0, 0.1) is 13.8 Å². The SMILES string of the molecule is CCOC(=O)N1CCN(C(N)=Nc2nc(C)cc(C)n2)CC1.O=C(O)C(=O)O. The molecule has 0 aliphatic carbocycles. The number of nitrogens with two attached hydrogens (primary N) is 1. The van der Waals surface area contributed by atoms with E-state index in [0.29, 0.717) is 44.7 Å². The molecule has 0 atom stereocenters. The molecular formula is C16H24N6O6. The van der Waals surface area contributed by atoms with Crippen LogP contribution < -0.4 is 5.73 Å². The summed E-state index contributed by atoms with van der Waals surface area (Å²) >= 11 is 0. The topological polar surface area (TPSA) is 172 Å². The minimum atomic E-state index is -1.82. The third-order valence-corrected chi connectivity index (χ3v) is 3.50. The van der Waals surface area contributed by atoms with Crippen LogP contribution in [0.3, 0.4) is 0 Å². The maximum absolute atomic E-state index is 11.6. The number of piperazine rings is 1. The highest BCUT2D eigenvalue weighted by molar-refractivity contribution is 6.27. The van der Waals surface area contributed by atoms with E-state index in [-0.39, 0.29) is 6.09 Å². The lowest BCUT2D eigenvalue weighted by Gasteiger charge is -2.34. The summed E-state index contributed by atoms with van der Waals surface area (Å²) in [6, 6.07) is 1.88. The summed E-state index contributed by atoms with van der Waals surface area (Å²) in [6.45, 7) is 8.29. The molecule has 0 saturated carbocycles. The molecule has 1 aliphatic heterocycles. The predicted octanol–water partition coefficient (Wildman–Crippen LogP) is -0.0307. The van der Waals surface area contributed by atoms with Crippen molar-refractivity contribution in [3.05, 3.63) is 17.5 Å². The second-order valence-corrected chi connectivity index (χ2v) is 5.70. The molecule has 0 bridgehead atoms. The zero-order chi connectivity index (χ0) is 21.3. The van der Waals surface area contributed by atoms with Crippen molar-refractivity contribution < 1.29 is 29.3 Å². The third-order valence-electron chi connectivity index (χ3n) is 3.50. The normalized spacial score (nSPS) is 14.0. The van der Waals surface area contributed by atoms with E-state index in [4.69, 9.17) is 30.3 Å². The van der Waals surface area contributed by atoms with Crippen LogP contribution in [0.5, 0.6) is 0 Å². The lowest BCUT2D eigenvalue weighted by molar-refractivity contribution is -0.159. The lowest BCUT2D eigenvalue weighted by Crippen LogP contribution is -2.52. The summed E-state index contributed by atoms with van der Waals surface area (Å²) in [6.07, 6.45) is -0.282. The van der Waals surface area contributed by atoms with Gasteiger partial charge >= 0.3 is 18.0 Å². The van der Waals surface area contributed by atoms with Gasteiger partial charge in [0.2, 0.25) is 0 Å². The fourth-order valence-corrected chi connectivity index (χ4v) is 2.26. The Balaban J connectivity index is 0.000000568. The number of rotatable bonds is 2. The largest absolute Gasteiger partial charge is 0.473 e. The Kier molecular flexibility index (Phi) is 8.59. The quantitative estimate of drug-likeness (QED) is 0.350. The minimum absolute atomic E-state index is 0.282. The van der Waals surface area contributed by atoms with Crippen LogP contribution in [-0.2, 0) is 14.3 Å². The second kappa shape index (κ2) is 10.6. The molecule has 0 unspecified atom stereocenters. The average Bonchev–Trinajstić information content (AvgIpc) is 2.61. The smallest absolute Gasteiger partial charge is 0.414 e. The van der Waals surface area contributed by atoms with E-state index < -0.39 is 11.9 Å². The van der Waals surface area contributed by atoms with Gasteiger partial charge in [-0.3, -0.25) is 0 Å². The van der Waals surface area contributed by atoms with Crippen molar-refractivity contribution in [1.82, 2.24) is 19.8 Å². The Bertz CT molecular complexity index is 713. The van der Waals surface area contributed by atoms with Crippen molar-refractivity contribution >= 4 is 29.9 Å². The number of carbonyl (C=O) groups excluding carboxylic acids is 1. The van der Waals surface area contributed by atoms with Crippen molar-refractivity contribution in [3.8, 4) is 0 Å². The Hall–Kier alpha value is -3.44. The van der Waals surface area contributed by atoms with Crippen LogP contribution in [0.4, 0.5) is 10.7 Å². The van der Waals surface area contributed by atoms with Gasteiger partial charge in [-0.1, -0.05) is 0 Å². The maximum atomic E-state index is 11.6. The summed E-state index contributed by atoms with van der Waals surface area (Å²) in [5.74, 6) is -2.92. The number of carboxylic acid groups (broad SMARTS) is 2. The van der Waals surface area contributed by atoms with Crippen molar-refractivity contribution in [1.29, 1.82) is 0 Å². The molecule has 1 aliphatic rings. The number of hydrogen-bond donors (Lipinski definition) is 3. The van der Waals surface area contributed by atoms with Crippen molar-refractivity contribution in [3.63, 3.8) is 0 Å². The number of aryl methyl sites for hydroxylation is 2. The van der Waals surface area contributed by atoms with Crippen LogP contribution in [0.1, 0.15) is 18.3 Å². The number of carbonyl (C=O) groups is 3. The van der Waals surface area contributed by atoms with Crippen LogP contribution >= 0.6 is 0 Å². The molecule has 0 aromatic carbocycles. The first-order chi connectivity index (χ1) is 13.1. The first-order valence-corrected chi connectivity index (χ1v) is 8.43. The minimum Gasteiger partial charge on any atom is -0.473 e. The molecule has 0 radical (unpaired) electrons. The number of ether oxygens (including phenoxy) is 1. The Morgan fingerprint density at radius 1 is 1.07 bits per heavy atom. The molecule has 1 amide bonds. The predicted molar refractivity (Wildman–Crippen MR) is 98.2 cm³/mol. The molecule has 12 nitrogen and oxygen atoms in total. The van der Waals surface area contributed by atoms with Gasteiger partial charge < -0.3 is 30.5 Å². The van der Waals surface area contributed by atoms with Crippen LogP contribution in [0.15, 0.2) is 11.1 Å². The van der Waals surface area contributed by atoms with E-state index in [2.05, 4.69) is 15.0 Å². The number of aliphatic imine (C=N–C) groups is 1. The van der Waals surface area contributed by atoms with E-state index in [0.717, 1.165) is 11.4 Å². The Morgan fingerprint density at radius 3 is 1.96 bits per heavy atom. The van der Waals surface area contributed by atoms with E-state index in [1.807, 2.05) is 24.8 Å². The van der Waals surface area contributed by atoms with Gasteiger partial charge in [-0.15, -0.1) is 0 Å². The molecule has 2 heterocycles. The number of hydrogen-bond acceptors (Lipinski definition) is 7. The Labute approximate surface area is 161 Å². The molecule has 154 valence electrons. The molecule has 12 heteroatoms. The second-order valence-electron chi connectivity index (χ2n) is 5.70. The van der Waals surface area contributed by atoms with Crippen LogP contribution in [0.25, 0.3) is 0 Å². The van der Waals surface area contributed by atoms with Crippen LogP contribution in [0.2, 0.25) is 0 Å². The fourth-order valence-electron chi connectivity index (χ4n) is 2.26. The molecule has 28 heavy (non-hydrogen) atoms. The van der Waals surface area contributed by atoms with Gasteiger partial charge in [-0.2, -0.15) is 4.99 Å². The molecule has 1 aromatic heterocycles. The van der Waals surface area contributed by atoms with Crippen molar-refractivity contribution in [2.45, 2.75) is 20.8 Å². The monoisotopic (exact) mass is 396 g/mol. The zero-order valence-corrected chi connectivity index (χ0v) is 16.0. The summed E-state index contributed by atoms with van der Waals surface area (Å²) in [5.41, 5.74) is 7.73. The fraction of sp³-hybridized carbons (Fsp3) is 0.500. The molecule has 1 aromatic rings. The number of guanidine groups is 1. The van der Waals surface area contributed by atoms with E-state index >= 15 is 0 Å². The summed E-state index contributed by atoms with van der Waals surface area (Å²) in [5, 5.41) is 14.8. The molecular weight excluding hydrogens is 372 g/mol. The van der Waals surface area contributed by atoms with Gasteiger partial charge in [0.25, 0.3) is 5.95 Å². The zero-order valence-electron chi connectivity index (χ0n) is 16.0. The van der Waals surface area contributed by atoms with Gasteiger partial charge in [0.1, 0.15) is 0 Å². The van der Waals surface area contributed by atoms with Gasteiger partial charge in [-0.05, 0) is 26.8 Å². The van der Waals surface area contributed by atoms with Crippen molar-refractivity contribution in [2.24, 2.45) is 10.7 Å². The van der Waals surface area contributed by atoms with E-state index in [1.54, 1.807) is 11.8 Å². The summed E-state index contributed by atoms with van der Waals surface area (Å²) in [7, 11) is 0. The number of nitrogens with zero attached hydrogens (tertiary/aromatic N) is 5. The first kappa shape index (κ1) is 22.6. The highest BCUT2D eigenvalue weighted by Crippen LogP contribution is 2.09.